The molecule has 0 fully saturated rings. The lowest BCUT2D eigenvalue weighted by molar-refractivity contribution is 0.285. The maximum absolute atomic E-state index is 5.82. The molecule has 114 valence electrons. The number of aryl methyl sites for hydroxylation is 3. The molecule has 1 unspecified atom stereocenters. The Morgan fingerprint density at radius 1 is 1.33 bits per heavy atom. The molecule has 2 aromatic rings. The van der Waals surface area contributed by atoms with Gasteiger partial charge in [-0.15, -0.1) is 0 Å². The Labute approximate surface area is 127 Å². The maximum atomic E-state index is 5.82. The highest BCUT2D eigenvalue weighted by Crippen LogP contribution is 2.13. The van der Waals surface area contributed by atoms with Crippen molar-refractivity contribution in [3.05, 3.63) is 47.8 Å². The van der Waals surface area contributed by atoms with Crippen LogP contribution in [0, 0.1) is 6.92 Å². The molecule has 0 aliphatic rings. The molecule has 4 heteroatoms. The summed E-state index contributed by atoms with van der Waals surface area (Å²) < 4.78 is 7.67. The van der Waals surface area contributed by atoms with E-state index in [-0.39, 0.29) is 0 Å². The highest BCUT2D eigenvalue weighted by molar-refractivity contribution is 5.27. The van der Waals surface area contributed by atoms with Gasteiger partial charge in [-0.3, -0.25) is 4.68 Å². The summed E-state index contributed by atoms with van der Waals surface area (Å²) in [7, 11) is 3.97. The molecule has 1 heterocycles. The molecular weight excluding hydrogens is 262 g/mol. The Hall–Kier alpha value is -1.81. The van der Waals surface area contributed by atoms with Crippen molar-refractivity contribution in [2.24, 2.45) is 7.05 Å². The summed E-state index contributed by atoms with van der Waals surface area (Å²) in [5.74, 6) is 0.956. The summed E-state index contributed by atoms with van der Waals surface area (Å²) in [5, 5.41) is 7.57. The molecule has 0 bridgehead atoms. The third-order valence-electron chi connectivity index (χ3n) is 3.67. The average molecular weight is 287 g/mol. The molecule has 0 saturated heterocycles. The monoisotopic (exact) mass is 287 g/mol. The van der Waals surface area contributed by atoms with Crippen LogP contribution in [0.2, 0.25) is 0 Å². The fraction of sp³-hybridized carbons (Fsp3) is 0.471. The number of ether oxygens (including phenoxy) is 1. The van der Waals surface area contributed by atoms with Crippen molar-refractivity contribution in [1.82, 2.24) is 15.1 Å². The van der Waals surface area contributed by atoms with E-state index in [1.807, 2.05) is 37.1 Å². The zero-order chi connectivity index (χ0) is 15.1. The van der Waals surface area contributed by atoms with Crippen molar-refractivity contribution in [2.75, 3.05) is 13.7 Å². The quantitative estimate of drug-likeness (QED) is 0.811. The lowest BCUT2D eigenvalue weighted by Gasteiger charge is -2.16. The highest BCUT2D eigenvalue weighted by Gasteiger charge is 2.08. The summed E-state index contributed by atoms with van der Waals surface area (Å²) in [6, 6.07) is 8.66. The molecule has 1 N–H and O–H groups in total. The van der Waals surface area contributed by atoms with Crippen molar-refractivity contribution in [3.63, 3.8) is 0 Å². The molecule has 0 radical (unpaired) electrons. The minimum Gasteiger partial charge on any atom is -0.494 e. The number of benzene rings is 1. The van der Waals surface area contributed by atoms with Crippen LogP contribution in [-0.2, 0) is 13.5 Å². The van der Waals surface area contributed by atoms with Crippen LogP contribution >= 0.6 is 0 Å². The summed E-state index contributed by atoms with van der Waals surface area (Å²) in [4.78, 5) is 0. The van der Waals surface area contributed by atoms with Crippen LogP contribution in [0.1, 0.15) is 24.0 Å². The Kier molecular flexibility index (Phi) is 5.81. The minimum absolute atomic E-state index is 0.468. The van der Waals surface area contributed by atoms with Crippen LogP contribution in [0.5, 0.6) is 5.75 Å². The van der Waals surface area contributed by atoms with Gasteiger partial charge < -0.3 is 10.1 Å². The van der Waals surface area contributed by atoms with E-state index in [9.17, 15) is 0 Å². The van der Waals surface area contributed by atoms with E-state index in [4.69, 9.17) is 4.74 Å². The van der Waals surface area contributed by atoms with Gasteiger partial charge in [0.1, 0.15) is 5.75 Å². The van der Waals surface area contributed by atoms with Gasteiger partial charge in [-0.05, 0) is 56.5 Å². The van der Waals surface area contributed by atoms with Crippen LogP contribution in [0.3, 0.4) is 0 Å². The topological polar surface area (TPSA) is 39.1 Å². The van der Waals surface area contributed by atoms with Gasteiger partial charge in [0, 0.05) is 19.3 Å². The molecule has 0 aliphatic heterocycles. The van der Waals surface area contributed by atoms with Crippen molar-refractivity contribution >= 4 is 0 Å². The van der Waals surface area contributed by atoms with Crippen LogP contribution in [0.25, 0.3) is 0 Å². The second-order valence-electron chi connectivity index (χ2n) is 5.50. The van der Waals surface area contributed by atoms with E-state index in [0.29, 0.717) is 6.04 Å². The molecule has 4 nitrogen and oxygen atoms in total. The number of hydrogen-bond acceptors (Lipinski definition) is 3. The average Bonchev–Trinajstić information content (AvgIpc) is 2.88. The predicted octanol–water partition coefficient (Wildman–Crippen LogP) is 2.72. The lowest BCUT2D eigenvalue weighted by Crippen LogP contribution is -2.27. The van der Waals surface area contributed by atoms with E-state index >= 15 is 0 Å². The Balaban J connectivity index is 1.72. The van der Waals surface area contributed by atoms with E-state index in [0.717, 1.165) is 31.6 Å². The van der Waals surface area contributed by atoms with Crippen molar-refractivity contribution < 1.29 is 4.74 Å². The fourth-order valence-electron chi connectivity index (χ4n) is 2.40. The molecule has 0 amide bonds. The van der Waals surface area contributed by atoms with Gasteiger partial charge in [-0.2, -0.15) is 5.10 Å². The zero-order valence-electron chi connectivity index (χ0n) is 13.2. The second-order valence-corrected chi connectivity index (χ2v) is 5.50. The second kappa shape index (κ2) is 7.84. The van der Waals surface area contributed by atoms with Gasteiger partial charge in [0.05, 0.1) is 12.8 Å². The molecule has 0 saturated carbocycles. The summed E-state index contributed by atoms with van der Waals surface area (Å²) in [6.45, 7) is 2.82. The van der Waals surface area contributed by atoms with Crippen LogP contribution < -0.4 is 10.1 Å². The Morgan fingerprint density at radius 2 is 2.19 bits per heavy atom. The number of nitrogens with one attached hydrogen (secondary N) is 1. The van der Waals surface area contributed by atoms with E-state index in [2.05, 4.69) is 35.7 Å². The van der Waals surface area contributed by atoms with Crippen molar-refractivity contribution in [3.8, 4) is 5.75 Å². The zero-order valence-corrected chi connectivity index (χ0v) is 13.2. The largest absolute Gasteiger partial charge is 0.494 e. The van der Waals surface area contributed by atoms with Gasteiger partial charge >= 0.3 is 0 Å². The first-order chi connectivity index (χ1) is 10.2. The van der Waals surface area contributed by atoms with Crippen LogP contribution in [0.4, 0.5) is 0 Å². The van der Waals surface area contributed by atoms with Gasteiger partial charge in [0.2, 0.25) is 0 Å². The van der Waals surface area contributed by atoms with E-state index in [1.165, 1.54) is 11.1 Å². The summed E-state index contributed by atoms with van der Waals surface area (Å²) in [5.41, 5.74) is 2.52. The molecule has 2 rings (SSSR count). The normalized spacial score (nSPS) is 12.3. The number of hydrogen-bond donors (Lipinski definition) is 1. The first-order valence-corrected chi connectivity index (χ1v) is 7.51. The number of rotatable bonds is 8. The van der Waals surface area contributed by atoms with E-state index < -0.39 is 0 Å². The summed E-state index contributed by atoms with van der Waals surface area (Å²) in [6.07, 6.45) is 7.17. The minimum atomic E-state index is 0.468. The maximum Gasteiger partial charge on any atom is 0.119 e. The summed E-state index contributed by atoms with van der Waals surface area (Å²) >= 11 is 0. The molecule has 1 atom stereocenters. The molecule has 0 aliphatic carbocycles. The van der Waals surface area contributed by atoms with Gasteiger partial charge in [0.25, 0.3) is 0 Å². The first kappa shape index (κ1) is 15.6. The SMILES string of the molecule is CNC(CCOc1cccc(C)c1)CCc1cnn(C)c1. The van der Waals surface area contributed by atoms with Crippen molar-refractivity contribution in [2.45, 2.75) is 32.2 Å². The van der Waals surface area contributed by atoms with Crippen LogP contribution in [-0.4, -0.2) is 29.5 Å². The number of aromatic nitrogens is 2. The Morgan fingerprint density at radius 3 is 2.86 bits per heavy atom. The smallest absolute Gasteiger partial charge is 0.119 e. The standard InChI is InChI=1S/C17H25N3O/c1-14-5-4-6-17(11-14)21-10-9-16(18-2)8-7-15-12-19-20(3)13-15/h4-6,11-13,16,18H,7-10H2,1-3H3. The molecule has 1 aromatic heterocycles. The molecule has 1 aromatic carbocycles. The van der Waals surface area contributed by atoms with Crippen molar-refractivity contribution in [1.29, 1.82) is 0 Å². The van der Waals surface area contributed by atoms with Gasteiger partial charge in [-0.25, -0.2) is 0 Å². The predicted molar refractivity (Wildman–Crippen MR) is 85.7 cm³/mol. The van der Waals surface area contributed by atoms with Gasteiger partial charge in [-0.1, -0.05) is 12.1 Å². The lowest BCUT2D eigenvalue weighted by atomic mass is 10.1. The first-order valence-electron chi connectivity index (χ1n) is 7.51. The third-order valence-corrected chi connectivity index (χ3v) is 3.67. The molecule has 21 heavy (non-hydrogen) atoms. The fourth-order valence-corrected chi connectivity index (χ4v) is 2.40. The number of nitrogens with zero attached hydrogens (tertiary/aromatic N) is 2. The molecule has 0 spiro atoms. The highest BCUT2D eigenvalue weighted by atomic mass is 16.5. The van der Waals surface area contributed by atoms with E-state index in [1.54, 1.807) is 0 Å². The molecular formula is C17H25N3O. The van der Waals surface area contributed by atoms with Crippen LogP contribution in [0.15, 0.2) is 36.7 Å². The Bertz CT molecular complexity index is 550. The van der Waals surface area contributed by atoms with Gasteiger partial charge in [0.15, 0.2) is 0 Å². The third kappa shape index (κ3) is 5.23.